The first-order valence-electron chi connectivity index (χ1n) is 5.68. The van der Waals surface area contributed by atoms with Crippen molar-refractivity contribution in [1.82, 2.24) is 0 Å². The molecule has 0 unspecified atom stereocenters. The van der Waals surface area contributed by atoms with Gasteiger partial charge in [-0.2, -0.15) is 0 Å². The molecule has 1 amide bonds. The van der Waals surface area contributed by atoms with E-state index in [0.717, 1.165) is 22.5 Å². The van der Waals surface area contributed by atoms with Crippen molar-refractivity contribution in [3.8, 4) is 5.75 Å². The Morgan fingerprint density at radius 1 is 1.22 bits per heavy atom. The lowest BCUT2D eigenvalue weighted by Crippen LogP contribution is -3.00. The van der Waals surface area contributed by atoms with Crippen LogP contribution in [0.25, 0.3) is 0 Å². The van der Waals surface area contributed by atoms with Gasteiger partial charge in [-0.25, -0.2) is 0 Å². The van der Waals surface area contributed by atoms with E-state index in [-0.39, 0.29) is 22.9 Å². The zero-order chi connectivity index (χ0) is 12.9. The van der Waals surface area contributed by atoms with Crippen LogP contribution in [0.3, 0.4) is 0 Å². The summed E-state index contributed by atoms with van der Waals surface area (Å²) in [6, 6.07) is 7.40. The highest BCUT2D eigenvalue weighted by molar-refractivity contribution is 5.88. The molecule has 4 nitrogen and oxygen atoms in total. The van der Waals surface area contributed by atoms with Crippen LogP contribution in [0.1, 0.15) is 6.92 Å². The summed E-state index contributed by atoms with van der Waals surface area (Å²) in [4.78, 5) is 10.8. The maximum absolute atomic E-state index is 10.8. The molecule has 0 aliphatic heterocycles. The van der Waals surface area contributed by atoms with Crippen LogP contribution in [0, 0.1) is 0 Å². The van der Waals surface area contributed by atoms with Gasteiger partial charge in [0.15, 0.2) is 0 Å². The van der Waals surface area contributed by atoms with Crippen LogP contribution >= 0.6 is 0 Å². The van der Waals surface area contributed by atoms with Crippen molar-refractivity contribution in [3.63, 3.8) is 0 Å². The van der Waals surface area contributed by atoms with Crippen LogP contribution in [0.15, 0.2) is 24.3 Å². The molecule has 0 aromatic heterocycles. The summed E-state index contributed by atoms with van der Waals surface area (Å²) in [6.07, 6.45) is 0. The summed E-state index contributed by atoms with van der Waals surface area (Å²) in [5.74, 6) is 0.760. The van der Waals surface area contributed by atoms with E-state index >= 15 is 0 Å². The minimum Gasteiger partial charge on any atom is -1.00 e. The van der Waals surface area contributed by atoms with E-state index in [1.807, 2.05) is 24.3 Å². The molecule has 0 aliphatic rings. The largest absolute Gasteiger partial charge is 1.00 e. The third-order valence-electron chi connectivity index (χ3n) is 2.21. The molecule has 1 aromatic carbocycles. The Kier molecular flexibility index (Phi) is 6.94. The zero-order valence-corrected chi connectivity index (χ0v) is 13.0. The molecule has 0 radical (unpaired) electrons. The number of nitrogens with one attached hydrogen (secondary N) is 1. The topological polar surface area (TPSA) is 38.3 Å². The highest BCUT2D eigenvalue weighted by Crippen LogP contribution is 2.15. The Hall–Kier alpha value is -1.07. The number of amides is 1. The number of halogens is 1. The predicted molar refractivity (Wildman–Crippen MR) is 69.1 cm³/mol. The maximum Gasteiger partial charge on any atom is 0.221 e. The van der Waals surface area contributed by atoms with Crippen LogP contribution in [-0.2, 0) is 4.79 Å². The fourth-order valence-corrected chi connectivity index (χ4v) is 1.28. The molecule has 1 aromatic rings. The number of quaternary nitrogens is 1. The molecular formula is C13H21BrN2O2. The monoisotopic (exact) mass is 316 g/mol. The second-order valence-corrected chi connectivity index (χ2v) is 5.07. The van der Waals surface area contributed by atoms with Gasteiger partial charge in [0, 0.05) is 12.6 Å². The van der Waals surface area contributed by atoms with Gasteiger partial charge in [0.25, 0.3) is 0 Å². The van der Waals surface area contributed by atoms with Crippen LogP contribution in [0.2, 0.25) is 0 Å². The molecule has 0 saturated heterocycles. The minimum atomic E-state index is -0.0660. The molecule has 1 rings (SSSR count). The molecule has 0 saturated carbocycles. The van der Waals surface area contributed by atoms with E-state index in [9.17, 15) is 4.79 Å². The first-order chi connectivity index (χ1) is 7.87. The van der Waals surface area contributed by atoms with Gasteiger partial charge < -0.3 is 31.5 Å². The lowest BCUT2D eigenvalue weighted by Gasteiger charge is -2.23. The molecule has 0 spiro atoms. The standard InChI is InChI=1S/C13H20N2O2.BrH/c1-11(16)14-12-5-7-13(8-6-12)17-10-9-15(2,3)4;/h5-8H,9-10H2,1-4H3;1H. The van der Waals surface area contributed by atoms with Crippen molar-refractivity contribution >= 4 is 11.6 Å². The average Bonchev–Trinajstić information content (AvgIpc) is 2.18. The van der Waals surface area contributed by atoms with E-state index in [1.165, 1.54) is 6.92 Å². The minimum absolute atomic E-state index is 0. The van der Waals surface area contributed by atoms with Gasteiger partial charge in [0.1, 0.15) is 18.9 Å². The van der Waals surface area contributed by atoms with Gasteiger partial charge in [0.2, 0.25) is 5.91 Å². The Morgan fingerprint density at radius 2 is 1.78 bits per heavy atom. The van der Waals surface area contributed by atoms with Gasteiger partial charge in [-0.1, -0.05) is 0 Å². The molecular weight excluding hydrogens is 296 g/mol. The van der Waals surface area contributed by atoms with Crippen molar-refractivity contribution in [2.24, 2.45) is 0 Å². The molecule has 0 fully saturated rings. The number of anilines is 1. The van der Waals surface area contributed by atoms with E-state index in [4.69, 9.17) is 4.74 Å². The Bertz CT molecular complexity index is 372. The lowest BCUT2D eigenvalue weighted by atomic mass is 10.3. The second-order valence-electron chi connectivity index (χ2n) is 5.07. The summed E-state index contributed by atoms with van der Waals surface area (Å²) in [7, 11) is 6.38. The van der Waals surface area contributed by atoms with Crippen LogP contribution in [0.5, 0.6) is 5.75 Å². The SMILES string of the molecule is CC(=O)Nc1ccc(OCC[N+](C)(C)C)cc1.[Br-]. The van der Waals surface area contributed by atoms with Gasteiger partial charge >= 0.3 is 0 Å². The molecule has 1 N–H and O–H groups in total. The van der Waals surface area contributed by atoms with Crippen molar-refractivity contribution in [2.75, 3.05) is 39.6 Å². The maximum atomic E-state index is 10.8. The summed E-state index contributed by atoms with van der Waals surface area (Å²) in [5, 5.41) is 2.71. The van der Waals surface area contributed by atoms with Crippen LogP contribution in [-0.4, -0.2) is 44.7 Å². The van der Waals surface area contributed by atoms with Crippen molar-refractivity contribution in [1.29, 1.82) is 0 Å². The third kappa shape index (κ3) is 7.29. The van der Waals surface area contributed by atoms with Gasteiger partial charge in [-0.3, -0.25) is 4.79 Å². The quantitative estimate of drug-likeness (QED) is 0.688. The summed E-state index contributed by atoms with van der Waals surface area (Å²) < 4.78 is 6.49. The summed E-state index contributed by atoms with van der Waals surface area (Å²) in [6.45, 7) is 3.13. The number of hydrogen-bond acceptors (Lipinski definition) is 2. The van der Waals surface area contributed by atoms with E-state index in [1.54, 1.807) is 0 Å². The number of hydrogen-bond donors (Lipinski definition) is 1. The Balaban J connectivity index is 0.00000289. The highest BCUT2D eigenvalue weighted by Gasteiger charge is 2.06. The highest BCUT2D eigenvalue weighted by atomic mass is 79.9. The molecule has 0 bridgehead atoms. The molecule has 5 heteroatoms. The number of nitrogens with zero attached hydrogens (tertiary/aromatic N) is 1. The average molecular weight is 317 g/mol. The van der Waals surface area contributed by atoms with Crippen molar-refractivity contribution in [3.05, 3.63) is 24.3 Å². The smallest absolute Gasteiger partial charge is 0.221 e. The predicted octanol–water partition coefficient (Wildman–Crippen LogP) is -1.27. The second kappa shape index (κ2) is 7.38. The fourth-order valence-electron chi connectivity index (χ4n) is 1.28. The Morgan fingerprint density at radius 3 is 2.22 bits per heavy atom. The van der Waals surface area contributed by atoms with Crippen molar-refractivity contribution in [2.45, 2.75) is 6.92 Å². The first kappa shape index (κ1) is 16.9. The number of rotatable bonds is 5. The normalized spacial score (nSPS) is 10.4. The molecule has 0 aliphatic carbocycles. The number of ether oxygens (including phenoxy) is 1. The number of carbonyl (C=O) groups is 1. The Labute approximate surface area is 119 Å². The molecule has 102 valence electrons. The van der Waals surface area contributed by atoms with Crippen molar-refractivity contribution < 1.29 is 31.0 Å². The first-order valence-corrected chi connectivity index (χ1v) is 5.68. The number of benzene rings is 1. The van der Waals surface area contributed by atoms with Gasteiger partial charge in [-0.05, 0) is 24.3 Å². The van der Waals surface area contributed by atoms with E-state index in [0.29, 0.717) is 6.61 Å². The molecule has 18 heavy (non-hydrogen) atoms. The van der Waals surface area contributed by atoms with Gasteiger partial charge in [-0.15, -0.1) is 0 Å². The van der Waals surface area contributed by atoms with E-state index in [2.05, 4.69) is 26.5 Å². The zero-order valence-electron chi connectivity index (χ0n) is 11.4. The molecule has 0 heterocycles. The summed E-state index contributed by atoms with van der Waals surface area (Å²) in [5.41, 5.74) is 0.788. The number of likely N-dealkylation sites (N-methyl/N-ethyl adjacent to an activating group) is 1. The third-order valence-corrected chi connectivity index (χ3v) is 2.21. The fraction of sp³-hybridized carbons (Fsp3) is 0.462. The lowest BCUT2D eigenvalue weighted by molar-refractivity contribution is -0.870. The van der Waals surface area contributed by atoms with Crippen LogP contribution in [0.4, 0.5) is 5.69 Å². The van der Waals surface area contributed by atoms with Gasteiger partial charge in [0.05, 0.1) is 21.1 Å². The summed E-state index contributed by atoms with van der Waals surface area (Å²) >= 11 is 0. The van der Waals surface area contributed by atoms with E-state index < -0.39 is 0 Å². The van der Waals surface area contributed by atoms with Crippen LogP contribution < -0.4 is 27.0 Å². The molecule has 0 atom stereocenters. The number of carbonyl (C=O) groups excluding carboxylic acids is 1.